The second kappa shape index (κ2) is 9.58. The Morgan fingerprint density at radius 3 is 2.86 bits per heavy atom. The summed E-state index contributed by atoms with van der Waals surface area (Å²) >= 11 is 0. The maximum Gasteiger partial charge on any atom is 0.210 e. The largest absolute Gasteiger partial charge is 0.379 e. The number of hydrogen-bond acceptors (Lipinski definition) is 8. The van der Waals surface area contributed by atoms with Gasteiger partial charge in [0.25, 0.3) is 0 Å². The number of dihydropyridines is 1. The van der Waals surface area contributed by atoms with Crippen molar-refractivity contribution in [3.05, 3.63) is 53.0 Å². The Labute approximate surface area is 208 Å². The minimum absolute atomic E-state index is 0.0257. The predicted octanol–water partition coefficient (Wildman–Crippen LogP) is 1.77. The molecule has 2 atom stereocenters. The third-order valence-corrected chi connectivity index (χ3v) is 7.53. The number of rotatable bonds is 4. The molecule has 1 aromatic carbocycles. The average molecular weight is 490 g/mol. The molecule has 9 nitrogen and oxygen atoms in total. The quantitative estimate of drug-likeness (QED) is 0.699. The van der Waals surface area contributed by atoms with Gasteiger partial charge in [0.05, 0.1) is 30.6 Å². The number of piperidine rings is 1. The molecule has 2 aromatic rings. The fraction of sp³-hybridized carbons (Fsp3) is 0.462. The van der Waals surface area contributed by atoms with Gasteiger partial charge in [-0.05, 0) is 25.0 Å². The Balaban J connectivity index is 1.31. The van der Waals surface area contributed by atoms with E-state index >= 15 is 0 Å². The van der Waals surface area contributed by atoms with Gasteiger partial charge in [-0.3, -0.25) is 14.7 Å². The Hall–Kier alpha value is -3.39. The molecule has 1 unspecified atom stereocenters. The third kappa shape index (κ3) is 4.03. The number of ketones is 1. The number of nitrogens with one attached hydrogen (secondary N) is 1. The zero-order chi connectivity index (χ0) is 24.6. The van der Waals surface area contributed by atoms with Crippen LogP contribution < -0.4 is 10.2 Å². The van der Waals surface area contributed by atoms with Crippen LogP contribution in [0.4, 0.5) is 10.2 Å². The third-order valence-electron chi connectivity index (χ3n) is 7.53. The Kier molecular flexibility index (Phi) is 6.13. The van der Waals surface area contributed by atoms with Crippen LogP contribution in [0.3, 0.4) is 0 Å². The molecule has 36 heavy (non-hydrogen) atoms. The monoisotopic (exact) mass is 489 g/mol. The SMILES string of the molecule is N#Cc1cccc(F)c1[C@@H]1N=C2CNCC2=C(n2ccc(N3CCCC(N4CCOCC4)C3)n2)C1=O. The molecule has 3 saturated heterocycles. The van der Waals surface area contributed by atoms with Crippen LogP contribution >= 0.6 is 0 Å². The molecule has 10 heteroatoms. The number of nitrogens with zero attached hydrogens (tertiary/aromatic N) is 6. The fourth-order valence-electron chi connectivity index (χ4n) is 5.72. The lowest BCUT2D eigenvalue weighted by molar-refractivity contribution is -0.115. The molecule has 0 amide bonds. The number of Topliss-reactive ketones (excluding diaryl/α,β-unsaturated/α-hetero) is 1. The highest BCUT2D eigenvalue weighted by Crippen LogP contribution is 2.35. The molecule has 4 aliphatic rings. The summed E-state index contributed by atoms with van der Waals surface area (Å²) in [7, 11) is 0. The fourth-order valence-corrected chi connectivity index (χ4v) is 5.72. The molecule has 1 aromatic heterocycles. The molecule has 0 radical (unpaired) electrons. The van der Waals surface area contributed by atoms with Crippen LogP contribution in [0.15, 0.2) is 41.0 Å². The second-order valence-electron chi connectivity index (χ2n) is 9.60. The minimum Gasteiger partial charge on any atom is -0.379 e. The van der Waals surface area contributed by atoms with E-state index in [0.717, 1.165) is 63.6 Å². The van der Waals surface area contributed by atoms with Gasteiger partial charge in [0.2, 0.25) is 5.78 Å². The highest BCUT2D eigenvalue weighted by molar-refractivity contribution is 6.29. The topological polar surface area (TPSA) is 98.8 Å². The predicted molar refractivity (Wildman–Crippen MR) is 132 cm³/mol. The number of aliphatic imine (C=N–C) groups is 1. The van der Waals surface area contributed by atoms with E-state index in [-0.39, 0.29) is 16.9 Å². The van der Waals surface area contributed by atoms with Gasteiger partial charge in [-0.25, -0.2) is 9.07 Å². The Bertz CT molecular complexity index is 1290. The first kappa shape index (κ1) is 23.0. The number of fused-ring (bicyclic) bond motifs is 1. The maximum absolute atomic E-state index is 14.9. The van der Waals surface area contributed by atoms with E-state index in [1.165, 1.54) is 18.2 Å². The number of halogens is 1. The number of carbonyl (C=O) groups is 1. The lowest BCUT2D eigenvalue weighted by Crippen LogP contribution is -2.51. The molecule has 6 rings (SSSR count). The molecule has 186 valence electrons. The summed E-state index contributed by atoms with van der Waals surface area (Å²) in [5, 5.41) is 17.6. The van der Waals surface area contributed by atoms with Crippen LogP contribution in [0.25, 0.3) is 5.70 Å². The number of morpholine rings is 1. The van der Waals surface area contributed by atoms with Gasteiger partial charge in [-0.15, -0.1) is 0 Å². The van der Waals surface area contributed by atoms with Crippen molar-refractivity contribution in [2.75, 3.05) is 57.4 Å². The number of benzene rings is 1. The standard InChI is InChI=1S/C26H28FN7O2/c27-20-5-1-3-17(13-28)23(20)24-26(35)25(19-14-29-15-21(19)30-24)34-8-6-22(31-34)33-7-2-4-18(16-33)32-9-11-36-12-10-32/h1,3,5-6,8,18,24,29H,2,4,7,9-12,14-16H2/t18?,24-/m0/s1. The number of anilines is 1. The number of carbonyl (C=O) groups excluding carboxylic acids is 1. The second-order valence-corrected chi connectivity index (χ2v) is 9.60. The first-order valence-corrected chi connectivity index (χ1v) is 12.5. The molecule has 0 saturated carbocycles. The van der Waals surface area contributed by atoms with Gasteiger partial charge in [0.15, 0.2) is 5.82 Å². The summed E-state index contributed by atoms with van der Waals surface area (Å²) in [6.07, 6.45) is 4.04. The van der Waals surface area contributed by atoms with E-state index in [1.807, 2.05) is 12.1 Å². The van der Waals surface area contributed by atoms with Crippen LogP contribution in [0.5, 0.6) is 0 Å². The first-order valence-electron chi connectivity index (χ1n) is 12.5. The number of nitriles is 1. The van der Waals surface area contributed by atoms with Crippen molar-refractivity contribution in [3.63, 3.8) is 0 Å². The van der Waals surface area contributed by atoms with E-state index in [1.54, 1.807) is 10.9 Å². The van der Waals surface area contributed by atoms with Gasteiger partial charge in [0.1, 0.15) is 17.6 Å². The molecule has 1 N–H and O–H groups in total. The molecule has 4 aliphatic heterocycles. The highest BCUT2D eigenvalue weighted by Gasteiger charge is 2.38. The van der Waals surface area contributed by atoms with Crippen molar-refractivity contribution in [2.24, 2.45) is 4.99 Å². The van der Waals surface area contributed by atoms with Gasteiger partial charge < -0.3 is 15.0 Å². The van der Waals surface area contributed by atoms with E-state index in [0.29, 0.717) is 30.5 Å². The molecular formula is C26H28FN7O2. The number of aromatic nitrogens is 2. The smallest absolute Gasteiger partial charge is 0.210 e. The number of hydrogen-bond donors (Lipinski definition) is 1. The van der Waals surface area contributed by atoms with Crippen molar-refractivity contribution in [2.45, 2.75) is 24.9 Å². The highest BCUT2D eigenvalue weighted by atomic mass is 19.1. The van der Waals surface area contributed by atoms with E-state index in [9.17, 15) is 14.4 Å². The van der Waals surface area contributed by atoms with Crippen molar-refractivity contribution in [3.8, 4) is 6.07 Å². The lowest BCUT2D eigenvalue weighted by atomic mass is 9.91. The first-order chi connectivity index (χ1) is 17.6. The van der Waals surface area contributed by atoms with Gasteiger partial charge in [-0.1, -0.05) is 6.07 Å². The zero-order valence-electron chi connectivity index (χ0n) is 20.0. The Morgan fingerprint density at radius 2 is 2.03 bits per heavy atom. The average Bonchev–Trinajstić information content (AvgIpc) is 3.59. The molecule has 5 heterocycles. The maximum atomic E-state index is 14.9. The summed E-state index contributed by atoms with van der Waals surface area (Å²) in [6, 6.07) is 7.56. The van der Waals surface area contributed by atoms with Crippen LogP contribution in [-0.2, 0) is 9.53 Å². The van der Waals surface area contributed by atoms with E-state index in [4.69, 9.17) is 9.84 Å². The van der Waals surface area contributed by atoms with E-state index in [2.05, 4.69) is 20.1 Å². The van der Waals surface area contributed by atoms with Gasteiger partial charge in [0, 0.05) is 68.7 Å². The summed E-state index contributed by atoms with van der Waals surface area (Å²) in [5.74, 6) is -0.128. The van der Waals surface area contributed by atoms with Crippen molar-refractivity contribution in [1.29, 1.82) is 5.26 Å². The summed E-state index contributed by atoms with van der Waals surface area (Å²) in [4.78, 5) is 23.1. The van der Waals surface area contributed by atoms with Gasteiger partial charge in [-0.2, -0.15) is 10.4 Å². The summed E-state index contributed by atoms with van der Waals surface area (Å²) in [6.45, 7) is 6.23. The molecule has 0 spiro atoms. The van der Waals surface area contributed by atoms with Crippen LogP contribution in [0, 0.1) is 17.1 Å². The lowest BCUT2D eigenvalue weighted by Gasteiger charge is -2.41. The van der Waals surface area contributed by atoms with Crippen LogP contribution in [-0.4, -0.2) is 84.7 Å². The Morgan fingerprint density at radius 1 is 1.17 bits per heavy atom. The minimum atomic E-state index is -1.11. The molecule has 3 fully saturated rings. The normalized spacial score (nSPS) is 25.1. The molecule has 0 bridgehead atoms. The van der Waals surface area contributed by atoms with Gasteiger partial charge >= 0.3 is 0 Å². The van der Waals surface area contributed by atoms with Crippen molar-refractivity contribution >= 4 is 23.0 Å². The van der Waals surface area contributed by atoms with Crippen LogP contribution in [0.2, 0.25) is 0 Å². The van der Waals surface area contributed by atoms with Crippen LogP contribution in [0.1, 0.15) is 30.0 Å². The van der Waals surface area contributed by atoms with Crippen molar-refractivity contribution < 1.29 is 13.9 Å². The molecular weight excluding hydrogens is 461 g/mol. The number of ether oxygens (including phenoxy) is 1. The van der Waals surface area contributed by atoms with E-state index < -0.39 is 11.9 Å². The molecule has 0 aliphatic carbocycles. The summed E-state index contributed by atoms with van der Waals surface area (Å²) < 4.78 is 22.0. The zero-order valence-corrected chi connectivity index (χ0v) is 20.0. The van der Waals surface area contributed by atoms with Crippen molar-refractivity contribution in [1.82, 2.24) is 20.0 Å². The summed E-state index contributed by atoms with van der Waals surface area (Å²) in [5.41, 5.74) is 2.04.